The molecule has 3 nitrogen and oxygen atoms in total. The van der Waals surface area contributed by atoms with Crippen molar-refractivity contribution in [3.63, 3.8) is 0 Å². The molecule has 0 amide bonds. The number of para-hydroxylation sites is 1. The Kier molecular flexibility index (Phi) is 7.82. The van der Waals surface area contributed by atoms with Gasteiger partial charge in [-0.05, 0) is 30.4 Å². The molecule has 5 heteroatoms. The summed E-state index contributed by atoms with van der Waals surface area (Å²) in [5, 5.41) is 10.7. The van der Waals surface area contributed by atoms with Crippen LogP contribution in [0.2, 0.25) is 5.02 Å². The van der Waals surface area contributed by atoms with Crippen molar-refractivity contribution in [3.8, 4) is 5.75 Å². The molecule has 1 aliphatic heterocycles. The van der Waals surface area contributed by atoms with Gasteiger partial charge in [0, 0.05) is 19.6 Å². The number of ether oxygens (including phenoxy) is 1. The zero-order valence-electron chi connectivity index (χ0n) is 12.7. The van der Waals surface area contributed by atoms with Crippen LogP contribution in [0.3, 0.4) is 0 Å². The van der Waals surface area contributed by atoms with Crippen LogP contribution in [0, 0.1) is 11.8 Å². The summed E-state index contributed by atoms with van der Waals surface area (Å²) in [5.41, 5.74) is 0. The lowest BCUT2D eigenvalue weighted by Gasteiger charge is -2.35. The quantitative estimate of drug-likeness (QED) is 0.895. The molecule has 1 aromatic carbocycles. The Balaban J connectivity index is 0.00000220. The summed E-state index contributed by atoms with van der Waals surface area (Å²) < 4.78 is 5.59. The fraction of sp³-hybridized carbons (Fsp3) is 0.625. The maximum Gasteiger partial charge on any atom is 0.138 e. The molecule has 3 atom stereocenters. The Bertz CT molecular complexity index is 420. The molecule has 0 aliphatic carbocycles. The van der Waals surface area contributed by atoms with Gasteiger partial charge in [0.2, 0.25) is 0 Å². The van der Waals surface area contributed by atoms with Gasteiger partial charge in [0.05, 0.1) is 5.02 Å². The van der Waals surface area contributed by atoms with E-state index in [1.807, 2.05) is 18.2 Å². The maximum atomic E-state index is 10.1. The lowest BCUT2D eigenvalue weighted by molar-refractivity contribution is 0.0429. The molecule has 1 saturated heterocycles. The zero-order valence-corrected chi connectivity index (χ0v) is 14.2. The van der Waals surface area contributed by atoms with Crippen LogP contribution in [0.15, 0.2) is 24.3 Å². The van der Waals surface area contributed by atoms with Crippen LogP contribution < -0.4 is 4.74 Å². The Labute approximate surface area is 138 Å². The SMILES string of the molecule is CC1CC(C)CN(CC(O)COc2ccccc2Cl)C1.Cl. The second kappa shape index (κ2) is 8.84. The molecule has 2 rings (SSSR count). The zero-order chi connectivity index (χ0) is 14.5. The molecule has 0 saturated carbocycles. The molecule has 1 aromatic rings. The number of hydrogen-bond donors (Lipinski definition) is 1. The van der Waals surface area contributed by atoms with Crippen molar-refractivity contribution in [2.45, 2.75) is 26.4 Å². The second-order valence-corrected chi connectivity index (χ2v) is 6.47. The molecule has 0 bridgehead atoms. The first-order valence-corrected chi connectivity index (χ1v) is 7.70. The van der Waals surface area contributed by atoms with Gasteiger partial charge in [0.1, 0.15) is 18.5 Å². The molecule has 21 heavy (non-hydrogen) atoms. The van der Waals surface area contributed by atoms with Crippen LogP contribution in [0.4, 0.5) is 0 Å². The van der Waals surface area contributed by atoms with Crippen molar-refractivity contribution >= 4 is 24.0 Å². The van der Waals surface area contributed by atoms with Gasteiger partial charge < -0.3 is 14.7 Å². The minimum absolute atomic E-state index is 0. The standard InChI is InChI=1S/C16H24ClNO2.ClH/c1-12-7-13(2)9-18(8-12)10-14(19)11-20-16-6-4-3-5-15(16)17;/h3-6,12-14,19H,7-11H2,1-2H3;1H. The molecule has 1 fully saturated rings. The minimum Gasteiger partial charge on any atom is -0.489 e. The van der Waals surface area contributed by atoms with Crippen molar-refractivity contribution < 1.29 is 9.84 Å². The predicted molar refractivity (Wildman–Crippen MR) is 89.6 cm³/mol. The van der Waals surface area contributed by atoms with Gasteiger partial charge in [0.25, 0.3) is 0 Å². The van der Waals surface area contributed by atoms with E-state index in [9.17, 15) is 5.11 Å². The number of piperidine rings is 1. The van der Waals surface area contributed by atoms with Gasteiger partial charge in [-0.1, -0.05) is 37.6 Å². The lowest BCUT2D eigenvalue weighted by Crippen LogP contribution is -2.44. The second-order valence-electron chi connectivity index (χ2n) is 6.06. The van der Waals surface area contributed by atoms with Gasteiger partial charge >= 0.3 is 0 Å². The van der Waals surface area contributed by atoms with Crippen LogP contribution >= 0.6 is 24.0 Å². The summed E-state index contributed by atoms with van der Waals surface area (Å²) in [5.74, 6) is 2.04. The molecule has 1 aliphatic rings. The number of nitrogens with zero attached hydrogens (tertiary/aromatic N) is 1. The summed E-state index contributed by atoms with van der Waals surface area (Å²) >= 11 is 6.02. The van der Waals surface area contributed by atoms with Crippen LogP contribution in [-0.4, -0.2) is 42.4 Å². The number of likely N-dealkylation sites (tertiary alicyclic amines) is 1. The van der Waals surface area contributed by atoms with E-state index in [0.717, 1.165) is 13.1 Å². The largest absolute Gasteiger partial charge is 0.489 e. The molecular formula is C16H25Cl2NO2. The van der Waals surface area contributed by atoms with Crippen LogP contribution in [0.5, 0.6) is 5.75 Å². The lowest BCUT2D eigenvalue weighted by atomic mass is 9.92. The molecule has 1 heterocycles. The van der Waals surface area contributed by atoms with Crippen LogP contribution in [0.1, 0.15) is 20.3 Å². The number of β-amino-alcohol motifs (C(OH)–C–C–N with tert-alkyl or cyclic N) is 1. The van der Waals surface area contributed by atoms with Crippen molar-refractivity contribution in [2.24, 2.45) is 11.8 Å². The van der Waals surface area contributed by atoms with E-state index in [-0.39, 0.29) is 19.0 Å². The first kappa shape index (κ1) is 18.6. The van der Waals surface area contributed by atoms with Gasteiger partial charge in [-0.25, -0.2) is 0 Å². The molecule has 0 spiro atoms. The molecule has 120 valence electrons. The third-order valence-electron chi connectivity index (χ3n) is 3.68. The number of hydrogen-bond acceptors (Lipinski definition) is 3. The van der Waals surface area contributed by atoms with Crippen molar-refractivity contribution in [1.82, 2.24) is 4.90 Å². The summed E-state index contributed by atoms with van der Waals surface area (Å²) in [6.07, 6.45) is 0.798. The predicted octanol–water partition coefficient (Wildman–Crippen LogP) is 3.48. The van der Waals surface area contributed by atoms with E-state index in [2.05, 4.69) is 18.7 Å². The van der Waals surface area contributed by atoms with Gasteiger partial charge in [-0.15, -0.1) is 12.4 Å². The minimum atomic E-state index is -0.483. The number of benzene rings is 1. The number of aliphatic hydroxyl groups excluding tert-OH is 1. The average molecular weight is 334 g/mol. The number of halogens is 2. The molecule has 1 N–H and O–H groups in total. The summed E-state index contributed by atoms with van der Waals surface area (Å²) in [4.78, 5) is 2.33. The van der Waals surface area contributed by atoms with Crippen LogP contribution in [-0.2, 0) is 0 Å². The normalized spacial score (nSPS) is 24.2. The topological polar surface area (TPSA) is 32.7 Å². The Morgan fingerprint density at radius 3 is 2.52 bits per heavy atom. The maximum absolute atomic E-state index is 10.1. The molecule has 0 aromatic heterocycles. The average Bonchev–Trinajstić information content (AvgIpc) is 2.36. The first-order chi connectivity index (χ1) is 9.54. The van der Waals surface area contributed by atoms with E-state index in [1.54, 1.807) is 6.07 Å². The molecule has 0 radical (unpaired) electrons. The molecule has 3 unspecified atom stereocenters. The summed E-state index contributed by atoms with van der Waals surface area (Å²) in [7, 11) is 0. The fourth-order valence-corrected chi connectivity index (χ4v) is 3.23. The number of aliphatic hydroxyl groups is 1. The van der Waals surface area contributed by atoms with E-state index < -0.39 is 6.10 Å². The Morgan fingerprint density at radius 1 is 1.29 bits per heavy atom. The Morgan fingerprint density at radius 2 is 1.90 bits per heavy atom. The van der Waals surface area contributed by atoms with Crippen molar-refractivity contribution in [2.75, 3.05) is 26.2 Å². The monoisotopic (exact) mass is 333 g/mol. The highest BCUT2D eigenvalue weighted by Gasteiger charge is 2.23. The van der Waals surface area contributed by atoms with E-state index in [0.29, 0.717) is 29.2 Å². The summed E-state index contributed by atoms with van der Waals surface area (Å²) in [6, 6.07) is 7.35. The highest BCUT2D eigenvalue weighted by Crippen LogP contribution is 2.24. The van der Waals surface area contributed by atoms with Crippen molar-refractivity contribution in [1.29, 1.82) is 0 Å². The first-order valence-electron chi connectivity index (χ1n) is 7.32. The highest BCUT2D eigenvalue weighted by molar-refractivity contribution is 6.32. The smallest absolute Gasteiger partial charge is 0.138 e. The fourth-order valence-electron chi connectivity index (χ4n) is 3.04. The third kappa shape index (κ3) is 6.03. The number of rotatable bonds is 5. The van der Waals surface area contributed by atoms with Crippen molar-refractivity contribution in [3.05, 3.63) is 29.3 Å². The van der Waals surface area contributed by atoms with Gasteiger partial charge in [-0.3, -0.25) is 0 Å². The van der Waals surface area contributed by atoms with Gasteiger partial charge in [-0.2, -0.15) is 0 Å². The third-order valence-corrected chi connectivity index (χ3v) is 3.99. The Hall–Kier alpha value is -0.480. The molecular weight excluding hydrogens is 309 g/mol. The summed E-state index contributed by atoms with van der Waals surface area (Å²) in [6.45, 7) is 7.62. The van der Waals surface area contributed by atoms with Crippen LogP contribution in [0.25, 0.3) is 0 Å². The van der Waals surface area contributed by atoms with E-state index in [4.69, 9.17) is 16.3 Å². The highest BCUT2D eigenvalue weighted by atomic mass is 35.5. The van der Waals surface area contributed by atoms with Gasteiger partial charge in [0.15, 0.2) is 0 Å². The van der Waals surface area contributed by atoms with E-state index in [1.165, 1.54) is 6.42 Å². The van der Waals surface area contributed by atoms with E-state index >= 15 is 0 Å².